The van der Waals surface area contributed by atoms with Gasteiger partial charge in [0.15, 0.2) is 0 Å². The highest BCUT2D eigenvalue weighted by Crippen LogP contribution is 2.36. The standard InChI is InChI=1S/C21H17Br/c22-19-11-10-16-14-21(15-6-2-1-3-7-15)20-9-5-4-8-17(20)12-18(16)13-19/h1-11,13,21H,12,14H2. The van der Waals surface area contributed by atoms with Crippen LogP contribution in [0.3, 0.4) is 0 Å². The lowest BCUT2D eigenvalue weighted by Crippen LogP contribution is -2.05. The van der Waals surface area contributed by atoms with Crippen molar-refractivity contribution in [1.29, 1.82) is 0 Å². The van der Waals surface area contributed by atoms with Crippen molar-refractivity contribution in [2.45, 2.75) is 18.8 Å². The van der Waals surface area contributed by atoms with Crippen LogP contribution in [0.5, 0.6) is 0 Å². The number of hydrogen-bond donors (Lipinski definition) is 0. The zero-order valence-corrected chi connectivity index (χ0v) is 13.9. The molecule has 3 aromatic carbocycles. The summed E-state index contributed by atoms with van der Waals surface area (Å²) < 4.78 is 1.17. The third-order valence-corrected chi connectivity index (χ3v) is 5.10. The molecule has 4 rings (SSSR count). The lowest BCUT2D eigenvalue weighted by Gasteiger charge is -2.18. The van der Waals surface area contributed by atoms with Gasteiger partial charge in [-0.1, -0.05) is 76.6 Å². The minimum atomic E-state index is 0.444. The van der Waals surface area contributed by atoms with Gasteiger partial charge in [0.25, 0.3) is 0 Å². The number of fused-ring (bicyclic) bond motifs is 2. The van der Waals surface area contributed by atoms with Gasteiger partial charge in [0.2, 0.25) is 0 Å². The zero-order chi connectivity index (χ0) is 14.9. The molecule has 1 aliphatic carbocycles. The van der Waals surface area contributed by atoms with E-state index >= 15 is 0 Å². The SMILES string of the molecule is Brc1ccc2c(c1)Cc1ccccc1C(c1ccccc1)C2. The molecule has 0 aliphatic heterocycles. The summed E-state index contributed by atoms with van der Waals surface area (Å²) in [4.78, 5) is 0. The Morgan fingerprint density at radius 3 is 2.36 bits per heavy atom. The third-order valence-electron chi connectivity index (χ3n) is 4.61. The molecule has 1 heteroatoms. The van der Waals surface area contributed by atoms with E-state index in [9.17, 15) is 0 Å². The van der Waals surface area contributed by atoms with Gasteiger partial charge < -0.3 is 0 Å². The minimum absolute atomic E-state index is 0.444. The van der Waals surface area contributed by atoms with E-state index in [4.69, 9.17) is 0 Å². The first kappa shape index (κ1) is 13.8. The van der Waals surface area contributed by atoms with E-state index in [0.717, 1.165) is 12.8 Å². The summed E-state index contributed by atoms with van der Waals surface area (Å²) in [6.45, 7) is 0. The maximum atomic E-state index is 3.62. The molecule has 22 heavy (non-hydrogen) atoms. The van der Waals surface area contributed by atoms with Crippen molar-refractivity contribution >= 4 is 15.9 Å². The van der Waals surface area contributed by atoms with E-state index in [1.54, 1.807) is 0 Å². The van der Waals surface area contributed by atoms with Crippen LogP contribution >= 0.6 is 15.9 Å². The van der Waals surface area contributed by atoms with Gasteiger partial charge in [0.1, 0.15) is 0 Å². The Morgan fingerprint density at radius 1 is 0.727 bits per heavy atom. The van der Waals surface area contributed by atoms with E-state index in [-0.39, 0.29) is 0 Å². The van der Waals surface area contributed by atoms with Crippen molar-refractivity contribution in [2.24, 2.45) is 0 Å². The Hall–Kier alpha value is -1.86. The van der Waals surface area contributed by atoms with E-state index in [1.807, 2.05) is 0 Å². The second-order valence-corrected chi connectivity index (χ2v) is 6.87. The predicted octanol–water partition coefficient (Wildman–Crippen LogP) is 5.73. The van der Waals surface area contributed by atoms with Crippen molar-refractivity contribution in [3.05, 3.63) is 105 Å². The van der Waals surface area contributed by atoms with Crippen molar-refractivity contribution in [2.75, 3.05) is 0 Å². The highest BCUT2D eigenvalue weighted by Gasteiger charge is 2.23. The van der Waals surface area contributed by atoms with Crippen LogP contribution in [0.2, 0.25) is 0 Å². The first-order chi connectivity index (χ1) is 10.8. The molecule has 1 aliphatic rings. The Balaban J connectivity index is 1.90. The molecule has 0 spiro atoms. The molecule has 0 heterocycles. The van der Waals surface area contributed by atoms with E-state index in [1.165, 1.54) is 32.3 Å². The molecular formula is C21H17Br. The summed E-state index contributed by atoms with van der Waals surface area (Å²) in [6.07, 6.45) is 2.10. The molecule has 0 bridgehead atoms. The van der Waals surface area contributed by atoms with Crippen LogP contribution in [-0.2, 0) is 12.8 Å². The minimum Gasteiger partial charge on any atom is -0.0622 e. The molecule has 0 saturated carbocycles. The summed E-state index contributed by atoms with van der Waals surface area (Å²) in [5.74, 6) is 0.444. The Labute approximate surface area is 140 Å². The van der Waals surface area contributed by atoms with Crippen LogP contribution in [0, 0.1) is 0 Å². The van der Waals surface area contributed by atoms with Crippen molar-refractivity contribution < 1.29 is 0 Å². The van der Waals surface area contributed by atoms with Crippen LogP contribution in [0.1, 0.15) is 33.7 Å². The molecule has 0 nitrogen and oxygen atoms in total. The Kier molecular flexibility index (Phi) is 3.59. The van der Waals surface area contributed by atoms with Crippen molar-refractivity contribution in [1.82, 2.24) is 0 Å². The lowest BCUT2D eigenvalue weighted by atomic mass is 9.85. The van der Waals surface area contributed by atoms with Gasteiger partial charge in [-0.05, 0) is 52.8 Å². The van der Waals surface area contributed by atoms with Crippen LogP contribution in [0.15, 0.2) is 77.3 Å². The van der Waals surface area contributed by atoms with Crippen molar-refractivity contribution in [3.8, 4) is 0 Å². The van der Waals surface area contributed by atoms with Gasteiger partial charge in [-0.25, -0.2) is 0 Å². The molecule has 108 valence electrons. The fourth-order valence-electron chi connectivity index (χ4n) is 3.51. The van der Waals surface area contributed by atoms with Gasteiger partial charge in [-0.3, -0.25) is 0 Å². The van der Waals surface area contributed by atoms with E-state index in [2.05, 4.69) is 88.7 Å². The van der Waals surface area contributed by atoms with Crippen molar-refractivity contribution in [3.63, 3.8) is 0 Å². The highest BCUT2D eigenvalue weighted by atomic mass is 79.9. The molecule has 0 amide bonds. The maximum Gasteiger partial charge on any atom is 0.0178 e. The van der Waals surface area contributed by atoms with Gasteiger partial charge in [-0.15, -0.1) is 0 Å². The summed E-state index contributed by atoms with van der Waals surface area (Å²) >= 11 is 3.62. The van der Waals surface area contributed by atoms with Gasteiger partial charge >= 0.3 is 0 Å². The average molecular weight is 349 g/mol. The normalized spacial score (nSPS) is 16.5. The number of rotatable bonds is 1. The molecule has 0 saturated heterocycles. The molecule has 0 radical (unpaired) electrons. The lowest BCUT2D eigenvalue weighted by molar-refractivity contribution is 0.807. The van der Waals surface area contributed by atoms with Gasteiger partial charge in [0.05, 0.1) is 0 Å². The number of hydrogen-bond acceptors (Lipinski definition) is 0. The number of benzene rings is 3. The summed E-state index contributed by atoms with van der Waals surface area (Å²) in [5.41, 5.74) is 7.24. The summed E-state index contributed by atoms with van der Waals surface area (Å²) in [6, 6.07) is 26.5. The molecule has 0 fully saturated rings. The van der Waals surface area contributed by atoms with E-state index < -0.39 is 0 Å². The molecule has 0 N–H and O–H groups in total. The van der Waals surface area contributed by atoms with Crippen LogP contribution < -0.4 is 0 Å². The molecule has 1 unspecified atom stereocenters. The molecular weight excluding hydrogens is 332 g/mol. The second kappa shape index (κ2) is 5.73. The summed E-state index contributed by atoms with van der Waals surface area (Å²) in [5, 5.41) is 0. The Bertz CT molecular complexity index is 805. The third kappa shape index (κ3) is 2.50. The van der Waals surface area contributed by atoms with Crippen LogP contribution in [0.25, 0.3) is 0 Å². The van der Waals surface area contributed by atoms with E-state index in [0.29, 0.717) is 5.92 Å². The Morgan fingerprint density at radius 2 is 1.50 bits per heavy atom. The second-order valence-electron chi connectivity index (χ2n) is 5.96. The first-order valence-electron chi connectivity index (χ1n) is 7.71. The highest BCUT2D eigenvalue weighted by molar-refractivity contribution is 9.10. The predicted molar refractivity (Wildman–Crippen MR) is 95.4 cm³/mol. The molecule has 1 atom stereocenters. The van der Waals surface area contributed by atoms with Gasteiger partial charge in [-0.2, -0.15) is 0 Å². The largest absolute Gasteiger partial charge is 0.0622 e. The fourth-order valence-corrected chi connectivity index (χ4v) is 3.92. The van der Waals surface area contributed by atoms with Crippen LogP contribution in [0.4, 0.5) is 0 Å². The maximum absolute atomic E-state index is 3.62. The zero-order valence-electron chi connectivity index (χ0n) is 12.3. The monoisotopic (exact) mass is 348 g/mol. The van der Waals surface area contributed by atoms with Crippen LogP contribution in [-0.4, -0.2) is 0 Å². The number of halogens is 1. The quantitative estimate of drug-likeness (QED) is 0.526. The van der Waals surface area contributed by atoms with Gasteiger partial charge in [0, 0.05) is 10.4 Å². The topological polar surface area (TPSA) is 0 Å². The molecule has 3 aromatic rings. The first-order valence-corrected chi connectivity index (χ1v) is 8.50. The summed E-state index contributed by atoms with van der Waals surface area (Å²) in [7, 11) is 0. The molecule has 0 aromatic heterocycles. The smallest absolute Gasteiger partial charge is 0.0178 e. The fraction of sp³-hybridized carbons (Fsp3) is 0.143. The average Bonchev–Trinajstić information content (AvgIpc) is 2.72.